The number of anilines is 1. The summed E-state index contributed by atoms with van der Waals surface area (Å²) in [5.41, 5.74) is 1.37. The van der Waals surface area contributed by atoms with Crippen LogP contribution in [0.4, 0.5) is 5.69 Å². The Labute approximate surface area is 177 Å². The Bertz CT molecular complexity index is 1160. The zero-order chi connectivity index (χ0) is 21.5. The molecule has 2 aromatic heterocycles. The van der Waals surface area contributed by atoms with Crippen LogP contribution in [0.1, 0.15) is 23.4 Å². The summed E-state index contributed by atoms with van der Waals surface area (Å²) in [6.45, 7) is 0.439. The van der Waals surface area contributed by atoms with Crippen LogP contribution in [-0.4, -0.2) is 32.1 Å². The molecule has 2 heterocycles. The maximum Gasteiger partial charge on any atom is 0.311 e. The van der Waals surface area contributed by atoms with Crippen molar-refractivity contribution in [1.29, 1.82) is 0 Å². The number of nitrogens with one attached hydrogen (secondary N) is 1. The minimum absolute atomic E-state index is 0.186. The van der Waals surface area contributed by atoms with Crippen LogP contribution >= 0.6 is 0 Å². The molecule has 0 saturated heterocycles. The molecule has 0 saturated carbocycles. The third-order valence-electron chi connectivity index (χ3n) is 4.29. The van der Waals surface area contributed by atoms with Crippen LogP contribution in [0, 0.1) is 0 Å². The Morgan fingerprint density at radius 1 is 1.03 bits per heavy atom. The highest BCUT2D eigenvalue weighted by Gasteiger charge is 2.11. The number of nitrogens with zero attached hydrogens (tertiary/aromatic N) is 4. The van der Waals surface area contributed by atoms with E-state index in [9.17, 15) is 9.59 Å². The van der Waals surface area contributed by atoms with E-state index in [1.54, 1.807) is 36.4 Å². The molecule has 1 N–H and O–H groups in total. The van der Waals surface area contributed by atoms with Gasteiger partial charge in [-0.2, -0.15) is 4.80 Å². The minimum atomic E-state index is -0.391. The van der Waals surface area contributed by atoms with Crippen LogP contribution in [0.3, 0.4) is 0 Å². The Morgan fingerprint density at radius 3 is 2.71 bits per heavy atom. The van der Waals surface area contributed by atoms with Gasteiger partial charge in [0.2, 0.25) is 5.82 Å². The molecule has 9 nitrogen and oxygen atoms in total. The summed E-state index contributed by atoms with van der Waals surface area (Å²) < 4.78 is 10.4. The molecule has 0 aliphatic rings. The van der Waals surface area contributed by atoms with E-state index in [-0.39, 0.29) is 18.1 Å². The van der Waals surface area contributed by atoms with Crippen molar-refractivity contribution in [3.8, 4) is 17.1 Å². The van der Waals surface area contributed by atoms with Crippen molar-refractivity contribution in [2.45, 2.75) is 19.4 Å². The van der Waals surface area contributed by atoms with Gasteiger partial charge in [0.1, 0.15) is 5.75 Å². The number of hydrogen-bond donors (Lipinski definition) is 1. The molecule has 9 heteroatoms. The fraction of sp³-hybridized carbons (Fsp3) is 0.136. The van der Waals surface area contributed by atoms with Gasteiger partial charge >= 0.3 is 5.97 Å². The van der Waals surface area contributed by atoms with Crippen LogP contribution in [0.2, 0.25) is 0 Å². The number of amides is 1. The molecule has 0 aliphatic heterocycles. The smallest absolute Gasteiger partial charge is 0.311 e. The molecule has 2 aromatic carbocycles. The number of carbonyl (C=O) groups excluding carboxylic acids is 2. The van der Waals surface area contributed by atoms with Crippen LogP contribution in [0.5, 0.6) is 5.75 Å². The second-order valence-electron chi connectivity index (χ2n) is 6.61. The second-order valence-corrected chi connectivity index (χ2v) is 6.61. The highest BCUT2D eigenvalue weighted by Crippen LogP contribution is 2.19. The third kappa shape index (κ3) is 5.41. The molecule has 0 unspecified atom stereocenters. The van der Waals surface area contributed by atoms with E-state index in [1.165, 1.54) is 11.1 Å². The molecule has 0 bridgehead atoms. The van der Waals surface area contributed by atoms with E-state index >= 15 is 0 Å². The number of benzene rings is 2. The summed E-state index contributed by atoms with van der Waals surface area (Å²) in [5.74, 6) is 0.296. The lowest BCUT2D eigenvalue weighted by molar-refractivity contribution is -0.134. The molecular formula is C22H19N5O4. The van der Waals surface area contributed by atoms with Crippen molar-refractivity contribution in [2.24, 2.45) is 0 Å². The standard InChI is InChI=1S/C22H19N5O4/c28-20(12-5-13-27-25-21(24-26-27)16-7-2-1-3-8-16)31-18-10-4-9-17(15-18)23-22(29)19-11-6-14-30-19/h1-4,6-11,14-15H,5,12-13H2,(H,23,29). The Balaban J connectivity index is 1.26. The van der Waals surface area contributed by atoms with Gasteiger partial charge in [-0.3, -0.25) is 9.59 Å². The van der Waals surface area contributed by atoms with E-state index in [0.717, 1.165) is 5.56 Å². The number of aromatic nitrogens is 4. The highest BCUT2D eigenvalue weighted by atomic mass is 16.5. The van der Waals surface area contributed by atoms with Gasteiger partial charge in [0.05, 0.1) is 12.8 Å². The van der Waals surface area contributed by atoms with Gasteiger partial charge in [0.25, 0.3) is 5.91 Å². The van der Waals surface area contributed by atoms with Gasteiger partial charge in [-0.25, -0.2) is 0 Å². The van der Waals surface area contributed by atoms with Gasteiger partial charge in [-0.15, -0.1) is 10.2 Å². The molecule has 31 heavy (non-hydrogen) atoms. The van der Waals surface area contributed by atoms with Gasteiger partial charge in [0.15, 0.2) is 5.76 Å². The molecule has 0 spiro atoms. The molecule has 156 valence electrons. The number of furan rings is 1. The average molecular weight is 417 g/mol. The number of rotatable bonds is 8. The van der Waals surface area contributed by atoms with Gasteiger partial charge in [-0.1, -0.05) is 36.4 Å². The van der Waals surface area contributed by atoms with Crippen molar-refractivity contribution >= 4 is 17.6 Å². The predicted octanol–water partition coefficient (Wildman–Crippen LogP) is 3.57. The molecule has 4 aromatic rings. The number of aryl methyl sites for hydroxylation is 1. The zero-order valence-corrected chi connectivity index (χ0v) is 16.5. The summed E-state index contributed by atoms with van der Waals surface area (Å²) >= 11 is 0. The predicted molar refractivity (Wildman–Crippen MR) is 111 cm³/mol. The number of hydrogen-bond acceptors (Lipinski definition) is 7. The maximum atomic E-state index is 12.2. The van der Waals surface area contributed by atoms with E-state index in [2.05, 4.69) is 20.7 Å². The monoisotopic (exact) mass is 417 g/mol. The van der Waals surface area contributed by atoms with E-state index in [4.69, 9.17) is 9.15 Å². The maximum absolute atomic E-state index is 12.2. The topological polar surface area (TPSA) is 112 Å². The summed E-state index contributed by atoms with van der Waals surface area (Å²) in [4.78, 5) is 25.7. The largest absolute Gasteiger partial charge is 0.459 e. The van der Waals surface area contributed by atoms with Gasteiger partial charge in [-0.05, 0) is 35.9 Å². The summed E-state index contributed by atoms with van der Waals surface area (Å²) in [6, 6.07) is 19.3. The average Bonchev–Trinajstić information content (AvgIpc) is 3.47. The van der Waals surface area contributed by atoms with Gasteiger partial charge in [0, 0.05) is 23.7 Å². The second kappa shape index (κ2) is 9.49. The first kappa shape index (κ1) is 20.0. The SMILES string of the molecule is O=C(CCCn1nnc(-c2ccccc2)n1)Oc1cccc(NC(=O)c2ccco2)c1. The first-order valence-electron chi connectivity index (χ1n) is 9.66. The molecule has 0 atom stereocenters. The van der Waals surface area contributed by atoms with Crippen LogP contribution in [0.25, 0.3) is 11.4 Å². The molecule has 0 fully saturated rings. The van der Waals surface area contributed by atoms with E-state index in [1.807, 2.05) is 30.3 Å². The number of ether oxygens (including phenoxy) is 1. The number of tetrazole rings is 1. The minimum Gasteiger partial charge on any atom is -0.459 e. The van der Waals surface area contributed by atoms with Crippen LogP contribution < -0.4 is 10.1 Å². The highest BCUT2D eigenvalue weighted by molar-refractivity contribution is 6.02. The summed E-state index contributed by atoms with van der Waals surface area (Å²) in [6.07, 6.45) is 2.11. The number of carbonyl (C=O) groups is 2. The van der Waals surface area contributed by atoms with Crippen molar-refractivity contribution < 1.29 is 18.7 Å². The molecule has 0 radical (unpaired) electrons. The lowest BCUT2D eigenvalue weighted by atomic mass is 10.2. The molecule has 4 rings (SSSR count). The Kier molecular flexibility index (Phi) is 6.13. The van der Waals surface area contributed by atoms with Crippen LogP contribution in [-0.2, 0) is 11.3 Å². The first-order chi connectivity index (χ1) is 15.2. The molecule has 0 aliphatic carbocycles. The fourth-order valence-electron chi connectivity index (χ4n) is 2.83. The van der Waals surface area contributed by atoms with E-state index in [0.29, 0.717) is 30.2 Å². The van der Waals surface area contributed by atoms with Crippen LogP contribution in [0.15, 0.2) is 77.4 Å². The van der Waals surface area contributed by atoms with E-state index < -0.39 is 5.97 Å². The normalized spacial score (nSPS) is 10.6. The van der Waals surface area contributed by atoms with Gasteiger partial charge < -0.3 is 14.5 Å². The zero-order valence-electron chi connectivity index (χ0n) is 16.5. The quantitative estimate of drug-likeness (QED) is 0.344. The van der Waals surface area contributed by atoms with Crippen molar-refractivity contribution in [2.75, 3.05) is 5.32 Å². The van der Waals surface area contributed by atoms with Crippen molar-refractivity contribution in [1.82, 2.24) is 20.2 Å². The number of esters is 1. The fourth-order valence-corrected chi connectivity index (χ4v) is 2.83. The summed E-state index contributed by atoms with van der Waals surface area (Å²) in [7, 11) is 0. The molecule has 1 amide bonds. The summed E-state index contributed by atoms with van der Waals surface area (Å²) in [5, 5.41) is 15.0. The lowest BCUT2D eigenvalue weighted by Crippen LogP contribution is -2.12. The Hall–Kier alpha value is -4.27. The van der Waals surface area contributed by atoms with Crippen molar-refractivity contribution in [3.05, 3.63) is 78.8 Å². The first-order valence-corrected chi connectivity index (χ1v) is 9.66. The molecular weight excluding hydrogens is 398 g/mol. The van der Waals surface area contributed by atoms with Crippen molar-refractivity contribution in [3.63, 3.8) is 0 Å². The lowest BCUT2D eigenvalue weighted by Gasteiger charge is -2.07. The third-order valence-corrected chi connectivity index (χ3v) is 4.29. The Morgan fingerprint density at radius 2 is 1.90 bits per heavy atom.